The Morgan fingerprint density at radius 1 is 1.33 bits per heavy atom. The summed E-state index contributed by atoms with van der Waals surface area (Å²) in [5, 5.41) is 15.9. The van der Waals surface area contributed by atoms with Gasteiger partial charge in [0, 0.05) is 18.7 Å². The molecule has 1 saturated heterocycles. The molecule has 2 aliphatic heterocycles. The molecule has 0 saturated carbocycles. The molecule has 0 unspecified atom stereocenters. The van der Waals surface area contributed by atoms with Crippen LogP contribution in [-0.2, 0) is 24.7 Å². The van der Waals surface area contributed by atoms with Crippen molar-refractivity contribution in [1.29, 1.82) is 0 Å². The number of ether oxygens (including phenoxy) is 1. The SMILES string of the molecule is COc1ncc(F)c(CC(=O)N2CC[C@@]3(CCc4cc(-c5nnn(C)n5)c(C)nc4N3)C2)n1. The van der Waals surface area contributed by atoms with Crippen LogP contribution in [0.25, 0.3) is 11.4 Å². The van der Waals surface area contributed by atoms with Crippen LogP contribution in [0.1, 0.15) is 29.8 Å². The maximum absolute atomic E-state index is 14.1. The first-order chi connectivity index (χ1) is 15.9. The Hall–Kier alpha value is -3.70. The fraction of sp³-hybridized carbons (Fsp3) is 0.476. The van der Waals surface area contributed by atoms with Gasteiger partial charge in [0.1, 0.15) is 5.82 Å². The van der Waals surface area contributed by atoms with E-state index in [1.165, 1.54) is 11.9 Å². The van der Waals surface area contributed by atoms with Crippen LogP contribution in [-0.4, -0.2) is 71.7 Å². The van der Waals surface area contributed by atoms with E-state index in [1.54, 1.807) is 11.9 Å². The molecular weight excluding hydrogens is 429 g/mol. The number of anilines is 1. The Bertz CT molecular complexity index is 1230. The van der Waals surface area contributed by atoms with Crippen molar-refractivity contribution in [3.63, 3.8) is 0 Å². The predicted molar refractivity (Wildman–Crippen MR) is 115 cm³/mol. The molecule has 2 aliphatic rings. The Labute approximate surface area is 189 Å². The van der Waals surface area contributed by atoms with E-state index >= 15 is 0 Å². The molecule has 11 nitrogen and oxygen atoms in total. The number of hydrogen-bond donors (Lipinski definition) is 1. The van der Waals surface area contributed by atoms with Crippen LogP contribution in [0.15, 0.2) is 12.3 Å². The van der Waals surface area contributed by atoms with Crippen LogP contribution in [0.2, 0.25) is 0 Å². The number of hydrogen-bond acceptors (Lipinski definition) is 9. The second-order valence-corrected chi connectivity index (χ2v) is 8.53. The van der Waals surface area contributed by atoms with Gasteiger partial charge in [-0.1, -0.05) is 0 Å². The van der Waals surface area contributed by atoms with Crippen LogP contribution >= 0.6 is 0 Å². The number of amides is 1. The number of pyridine rings is 1. The van der Waals surface area contributed by atoms with Crippen molar-refractivity contribution in [3.05, 3.63) is 35.0 Å². The summed E-state index contributed by atoms with van der Waals surface area (Å²) in [4.78, 5) is 28.6. The summed E-state index contributed by atoms with van der Waals surface area (Å²) in [6, 6.07) is 2.11. The van der Waals surface area contributed by atoms with Crippen LogP contribution in [0.3, 0.4) is 0 Å². The van der Waals surface area contributed by atoms with Crippen molar-refractivity contribution < 1.29 is 13.9 Å². The number of tetrazole rings is 1. The van der Waals surface area contributed by atoms with Gasteiger partial charge in [0.05, 0.1) is 43.7 Å². The quantitative estimate of drug-likeness (QED) is 0.618. The van der Waals surface area contributed by atoms with Gasteiger partial charge in [0.15, 0.2) is 5.82 Å². The molecule has 12 heteroatoms. The van der Waals surface area contributed by atoms with Gasteiger partial charge in [-0.3, -0.25) is 4.79 Å². The van der Waals surface area contributed by atoms with Gasteiger partial charge in [-0.25, -0.2) is 14.4 Å². The van der Waals surface area contributed by atoms with Crippen molar-refractivity contribution in [2.45, 2.75) is 38.1 Å². The largest absolute Gasteiger partial charge is 0.467 e. The number of aromatic nitrogens is 7. The molecule has 172 valence electrons. The van der Waals surface area contributed by atoms with Gasteiger partial charge in [0.25, 0.3) is 0 Å². The minimum Gasteiger partial charge on any atom is -0.467 e. The number of rotatable bonds is 4. The first-order valence-corrected chi connectivity index (χ1v) is 10.7. The second-order valence-electron chi connectivity index (χ2n) is 8.53. The third-order valence-corrected chi connectivity index (χ3v) is 6.30. The number of fused-ring (bicyclic) bond motifs is 1. The standard InChI is InChI=1S/C21H24FN9O2/c1-12-14(19-27-29-30(2)28-19)8-13-4-5-21(26-18(13)24-12)6-7-31(11-21)17(32)9-16-15(22)10-23-20(25-16)33-3/h8,10H,4-7,9,11H2,1-3H3,(H,24,26)/t21-/m0/s1. The molecule has 5 rings (SSSR count). The lowest BCUT2D eigenvalue weighted by Crippen LogP contribution is -2.45. The Kier molecular flexibility index (Phi) is 5.14. The smallest absolute Gasteiger partial charge is 0.316 e. The van der Waals surface area contributed by atoms with E-state index in [9.17, 15) is 9.18 Å². The summed E-state index contributed by atoms with van der Waals surface area (Å²) in [6.07, 6.45) is 3.36. The third kappa shape index (κ3) is 3.96. The average Bonchev–Trinajstić information content (AvgIpc) is 3.41. The molecule has 1 amide bonds. The fourth-order valence-electron chi connectivity index (χ4n) is 4.50. The summed E-state index contributed by atoms with van der Waals surface area (Å²) in [7, 11) is 3.13. The highest BCUT2D eigenvalue weighted by Gasteiger charge is 2.42. The Balaban J connectivity index is 1.30. The minimum absolute atomic E-state index is 0.0391. The van der Waals surface area contributed by atoms with Crippen LogP contribution in [0.4, 0.5) is 10.2 Å². The van der Waals surface area contributed by atoms with E-state index < -0.39 is 5.82 Å². The molecule has 3 aromatic heterocycles. The van der Waals surface area contributed by atoms with E-state index in [2.05, 4.69) is 36.8 Å². The topological polar surface area (TPSA) is 124 Å². The molecule has 1 fully saturated rings. The highest BCUT2D eigenvalue weighted by atomic mass is 19.1. The first-order valence-electron chi connectivity index (χ1n) is 10.7. The lowest BCUT2D eigenvalue weighted by atomic mass is 9.86. The summed E-state index contributed by atoms with van der Waals surface area (Å²) in [5.74, 6) is 0.590. The zero-order chi connectivity index (χ0) is 23.2. The average molecular weight is 453 g/mol. The Morgan fingerprint density at radius 3 is 2.94 bits per heavy atom. The van der Waals surface area contributed by atoms with E-state index in [-0.39, 0.29) is 29.6 Å². The van der Waals surface area contributed by atoms with Crippen molar-refractivity contribution in [1.82, 2.24) is 40.1 Å². The predicted octanol–water partition coefficient (Wildman–Crippen LogP) is 1.09. The number of methoxy groups -OCH3 is 1. The maximum Gasteiger partial charge on any atom is 0.316 e. The summed E-state index contributed by atoms with van der Waals surface area (Å²) < 4.78 is 19.0. The van der Waals surface area contributed by atoms with Crippen molar-refractivity contribution in [3.8, 4) is 17.4 Å². The second kappa shape index (κ2) is 8.01. The number of aryl methyl sites for hydroxylation is 3. The van der Waals surface area contributed by atoms with Gasteiger partial charge in [-0.2, -0.15) is 9.78 Å². The number of nitrogens with zero attached hydrogens (tertiary/aromatic N) is 8. The van der Waals surface area contributed by atoms with E-state index in [0.29, 0.717) is 18.9 Å². The molecule has 1 N–H and O–H groups in total. The molecule has 1 spiro atoms. The van der Waals surface area contributed by atoms with E-state index in [4.69, 9.17) is 9.72 Å². The summed E-state index contributed by atoms with van der Waals surface area (Å²) in [6.45, 7) is 3.04. The molecule has 33 heavy (non-hydrogen) atoms. The van der Waals surface area contributed by atoms with Gasteiger partial charge >= 0.3 is 6.01 Å². The molecule has 3 aromatic rings. The lowest BCUT2D eigenvalue weighted by molar-refractivity contribution is -0.129. The number of nitrogens with one attached hydrogen (secondary N) is 1. The Morgan fingerprint density at radius 2 is 2.18 bits per heavy atom. The van der Waals surface area contributed by atoms with Crippen molar-refractivity contribution in [2.24, 2.45) is 7.05 Å². The zero-order valence-corrected chi connectivity index (χ0v) is 18.7. The molecule has 0 aromatic carbocycles. The highest BCUT2D eigenvalue weighted by Crippen LogP contribution is 2.38. The van der Waals surface area contributed by atoms with Crippen LogP contribution < -0.4 is 10.1 Å². The molecule has 0 radical (unpaired) electrons. The first kappa shape index (κ1) is 21.2. The molecule has 5 heterocycles. The molecular formula is C21H24FN9O2. The van der Waals surface area contributed by atoms with Gasteiger partial charge in [-0.15, -0.1) is 10.2 Å². The molecule has 1 atom stereocenters. The van der Waals surface area contributed by atoms with Gasteiger partial charge in [-0.05, 0) is 43.0 Å². The lowest BCUT2D eigenvalue weighted by Gasteiger charge is -2.36. The maximum atomic E-state index is 14.1. The van der Waals surface area contributed by atoms with Gasteiger partial charge < -0.3 is 15.0 Å². The zero-order valence-electron chi connectivity index (χ0n) is 18.7. The fourth-order valence-corrected chi connectivity index (χ4v) is 4.50. The van der Waals surface area contributed by atoms with E-state index in [1.807, 2.05) is 6.92 Å². The molecule has 0 aliphatic carbocycles. The molecule has 0 bridgehead atoms. The number of likely N-dealkylation sites (tertiary alicyclic amines) is 1. The summed E-state index contributed by atoms with van der Waals surface area (Å²) in [5.41, 5.74) is 2.55. The van der Waals surface area contributed by atoms with Crippen LogP contribution in [0, 0.1) is 12.7 Å². The van der Waals surface area contributed by atoms with Crippen molar-refractivity contribution in [2.75, 3.05) is 25.5 Å². The monoisotopic (exact) mass is 453 g/mol. The number of carbonyl (C=O) groups is 1. The third-order valence-electron chi connectivity index (χ3n) is 6.30. The minimum atomic E-state index is -0.615. The number of halogens is 1. The summed E-state index contributed by atoms with van der Waals surface area (Å²) >= 11 is 0. The van der Waals surface area contributed by atoms with Crippen LogP contribution in [0.5, 0.6) is 6.01 Å². The van der Waals surface area contributed by atoms with Gasteiger partial charge in [0.2, 0.25) is 11.7 Å². The highest BCUT2D eigenvalue weighted by molar-refractivity contribution is 5.79. The normalized spacial score (nSPS) is 19.5. The van der Waals surface area contributed by atoms with E-state index in [0.717, 1.165) is 48.1 Å². The number of carbonyl (C=O) groups excluding carboxylic acids is 1. The van der Waals surface area contributed by atoms with Crippen molar-refractivity contribution >= 4 is 11.7 Å².